The molecule has 3 nitrogen and oxygen atoms in total. The number of aliphatic hydroxyl groups is 1. The molecule has 0 saturated carbocycles. The molecule has 0 heterocycles. The molecular weight excluding hydrogens is 365 g/mol. The molecule has 0 fully saturated rings. The molecule has 0 aliphatic heterocycles. The highest BCUT2D eigenvalue weighted by Gasteiger charge is 2.06. The lowest BCUT2D eigenvalue weighted by Crippen LogP contribution is -2.26. The van der Waals surface area contributed by atoms with E-state index in [1.165, 1.54) is 3.57 Å². The third-order valence-electron chi connectivity index (χ3n) is 2.89. The van der Waals surface area contributed by atoms with Gasteiger partial charge >= 0.3 is 0 Å². The summed E-state index contributed by atoms with van der Waals surface area (Å²) in [6.07, 6.45) is -0.549. The smallest absolute Gasteiger partial charge is 0.122 e. The zero-order chi connectivity index (χ0) is 14.4. The third kappa shape index (κ3) is 4.68. The lowest BCUT2D eigenvalue weighted by molar-refractivity contribution is 0.117. The second kappa shape index (κ2) is 7.50. The Morgan fingerprint density at radius 3 is 2.75 bits per heavy atom. The molecule has 106 valence electrons. The van der Waals surface area contributed by atoms with Crippen molar-refractivity contribution in [3.63, 3.8) is 0 Å². The molecule has 1 atom stereocenters. The zero-order valence-corrected chi connectivity index (χ0v) is 13.5. The Morgan fingerprint density at radius 2 is 2.00 bits per heavy atom. The second-order valence-corrected chi connectivity index (χ2v) is 5.87. The second-order valence-electron chi connectivity index (χ2n) is 4.62. The van der Waals surface area contributed by atoms with Gasteiger partial charge in [-0.25, -0.2) is 0 Å². The van der Waals surface area contributed by atoms with Gasteiger partial charge in [-0.3, -0.25) is 0 Å². The van der Waals surface area contributed by atoms with Gasteiger partial charge in [0.15, 0.2) is 0 Å². The SMILES string of the molecule is Cc1ccccc1OCC(O)CNc1cccc(I)c1. The van der Waals surface area contributed by atoms with Crippen molar-refractivity contribution in [2.45, 2.75) is 13.0 Å². The van der Waals surface area contributed by atoms with Gasteiger partial charge < -0.3 is 15.2 Å². The summed E-state index contributed by atoms with van der Waals surface area (Å²) in [5.41, 5.74) is 2.08. The third-order valence-corrected chi connectivity index (χ3v) is 3.56. The highest BCUT2D eigenvalue weighted by Crippen LogP contribution is 2.16. The van der Waals surface area contributed by atoms with Gasteiger partial charge in [-0.15, -0.1) is 0 Å². The molecule has 20 heavy (non-hydrogen) atoms. The van der Waals surface area contributed by atoms with E-state index in [2.05, 4.69) is 27.9 Å². The normalized spacial score (nSPS) is 11.9. The van der Waals surface area contributed by atoms with E-state index < -0.39 is 6.10 Å². The van der Waals surface area contributed by atoms with Crippen molar-refractivity contribution in [2.24, 2.45) is 0 Å². The largest absolute Gasteiger partial charge is 0.491 e. The van der Waals surface area contributed by atoms with Crippen LogP contribution in [0.2, 0.25) is 0 Å². The molecule has 2 aromatic rings. The van der Waals surface area contributed by atoms with Gasteiger partial charge in [0, 0.05) is 15.8 Å². The van der Waals surface area contributed by atoms with Gasteiger partial charge in [0.05, 0.1) is 0 Å². The number of rotatable bonds is 6. The molecular formula is C16H18INO2. The summed E-state index contributed by atoms with van der Waals surface area (Å²) in [6, 6.07) is 15.8. The van der Waals surface area contributed by atoms with Gasteiger partial charge in [-0.1, -0.05) is 24.3 Å². The van der Waals surface area contributed by atoms with Gasteiger partial charge in [-0.05, 0) is 59.3 Å². The Kier molecular flexibility index (Phi) is 5.67. The summed E-state index contributed by atoms with van der Waals surface area (Å²) in [5, 5.41) is 13.1. The molecule has 0 spiro atoms. The van der Waals surface area contributed by atoms with E-state index in [-0.39, 0.29) is 6.61 Å². The fourth-order valence-corrected chi connectivity index (χ4v) is 2.34. The summed E-state index contributed by atoms with van der Waals surface area (Å²) < 4.78 is 6.78. The van der Waals surface area contributed by atoms with Crippen LogP contribution in [0.15, 0.2) is 48.5 Å². The number of hydrogen-bond donors (Lipinski definition) is 2. The minimum atomic E-state index is -0.549. The molecule has 4 heteroatoms. The van der Waals surface area contributed by atoms with Crippen LogP contribution in [0.1, 0.15) is 5.56 Å². The Morgan fingerprint density at radius 1 is 1.20 bits per heavy atom. The molecule has 0 amide bonds. The molecule has 0 aliphatic carbocycles. The number of aryl methyl sites for hydroxylation is 1. The summed E-state index contributed by atoms with van der Waals surface area (Å²) >= 11 is 2.26. The van der Waals surface area contributed by atoms with Crippen LogP contribution in [0.4, 0.5) is 5.69 Å². The van der Waals surface area contributed by atoms with E-state index in [0.29, 0.717) is 6.54 Å². The number of aliphatic hydroxyl groups excluding tert-OH is 1. The van der Waals surface area contributed by atoms with Crippen LogP contribution in [-0.4, -0.2) is 24.4 Å². The summed E-state index contributed by atoms with van der Waals surface area (Å²) in [6.45, 7) is 2.74. The Hall–Kier alpha value is -1.27. The van der Waals surface area contributed by atoms with Crippen molar-refractivity contribution in [3.05, 3.63) is 57.7 Å². The van der Waals surface area contributed by atoms with Crippen LogP contribution >= 0.6 is 22.6 Å². The van der Waals surface area contributed by atoms with Crippen LogP contribution in [0.25, 0.3) is 0 Å². The highest BCUT2D eigenvalue weighted by atomic mass is 127. The van der Waals surface area contributed by atoms with Crippen molar-refractivity contribution in [3.8, 4) is 5.75 Å². The van der Waals surface area contributed by atoms with Crippen LogP contribution in [0.3, 0.4) is 0 Å². The first kappa shape index (κ1) is 15.1. The first-order valence-corrected chi connectivity index (χ1v) is 7.59. The van der Waals surface area contributed by atoms with E-state index in [0.717, 1.165) is 17.0 Å². The zero-order valence-electron chi connectivity index (χ0n) is 11.3. The van der Waals surface area contributed by atoms with Gasteiger partial charge in [0.25, 0.3) is 0 Å². The fourth-order valence-electron chi connectivity index (χ4n) is 1.80. The van der Waals surface area contributed by atoms with Crippen LogP contribution < -0.4 is 10.1 Å². The van der Waals surface area contributed by atoms with E-state index in [1.54, 1.807) is 0 Å². The van der Waals surface area contributed by atoms with Crippen molar-refractivity contribution in [1.82, 2.24) is 0 Å². The molecule has 1 unspecified atom stereocenters. The summed E-state index contributed by atoms with van der Waals surface area (Å²) in [4.78, 5) is 0. The molecule has 2 rings (SSSR count). The lowest BCUT2D eigenvalue weighted by Gasteiger charge is -2.15. The standard InChI is InChI=1S/C16H18INO2/c1-12-5-2-3-8-16(12)20-11-15(19)10-18-14-7-4-6-13(17)9-14/h2-9,15,18-19H,10-11H2,1H3. The molecule has 0 radical (unpaired) electrons. The molecule has 2 N–H and O–H groups in total. The minimum Gasteiger partial charge on any atom is -0.491 e. The first-order valence-electron chi connectivity index (χ1n) is 6.51. The predicted octanol–water partition coefficient (Wildman–Crippen LogP) is 3.45. The molecule has 0 aromatic heterocycles. The number of ether oxygens (including phenoxy) is 1. The van der Waals surface area contributed by atoms with E-state index in [1.807, 2.05) is 55.5 Å². The molecule has 2 aromatic carbocycles. The Balaban J connectivity index is 1.78. The lowest BCUT2D eigenvalue weighted by atomic mass is 10.2. The van der Waals surface area contributed by atoms with E-state index in [9.17, 15) is 5.11 Å². The maximum atomic E-state index is 9.94. The first-order chi connectivity index (χ1) is 9.65. The quantitative estimate of drug-likeness (QED) is 0.751. The van der Waals surface area contributed by atoms with Crippen molar-refractivity contribution >= 4 is 28.3 Å². The van der Waals surface area contributed by atoms with Gasteiger partial charge in [0.1, 0.15) is 18.5 Å². The van der Waals surface area contributed by atoms with E-state index >= 15 is 0 Å². The minimum absolute atomic E-state index is 0.280. The molecule has 0 saturated heterocycles. The average molecular weight is 383 g/mol. The number of hydrogen-bond acceptors (Lipinski definition) is 3. The van der Waals surface area contributed by atoms with Crippen LogP contribution in [-0.2, 0) is 0 Å². The maximum absolute atomic E-state index is 9.94. The van der Waals surface area contributed by atoms with Crippen molar-refractivity contribution in [2.75, 3.05) is 18.5 Å². The maximum Gasteiger partial charge on any atom is 0.122 e. The van der Waals surface area contributed by atoms with Crippen LogP contribution in [0.5, 0.6) is 5.75 Å². The van der Waals surface area contributed by atoms with E-state index in [4.69, 9.17) is 4.74 Å². The molecule has 0 bridgehead atoms. The number of para-hydroxylation sites is 1. The summed E-state index contributed by atoms with van der Waals surface area (Å²) in [5.74, 6) is 0.820. The average Bonchev–Trinajstić information content (AvgIpc) is 2.44. The number of anilines is 1. The number of nitrogens with one attached hydrogen (secondary N) is 1. The van der Waals surface area contributed by atoms with Crippen LogP contribution in [0, 0.1) is 10.5 Å². The predicted molar refractivity (Wildman–Crippen MR) is 90.3 cm³/mol. The van der Waals surface area contributed by atoms with Crippen molar-refractivity contribution < 1.29 is 9.84 Å². The monoisotopic (exact) mass is 383 g/mol. The summed E-state index contributed by atoms with van der Waals surface area (Å²) in [7, 11) is 0. The fraction of sp³-hybridized carbons (Fsp3) is 0.250. The Labute approximate surface area is 133 Å². The topological polar surface area (TPSA) is 41.5 Å². The van der Waals surface area contributed by atoms with Gasteiger partial charge in [0.2, 0.25) is 0 Å². The number of benzene rings is 2. The highest BCUT2D eigenvalue weighted by molar-refractivity contribution is 14.1. The number of halogens is 1. The van der Waals surface area contributed by atoms with Crippen molar-refractivity contribution in [1.29, 1.82) is 0 Å². The van der Waals surface area contributed by atoms with Gasteiger partial charge in [-0.2, -0.15) is 0 Å². The molecule has 0 aliphatic rings. The Bertz CT molecular complexity index is 560.